The molecule has 0 heterocycles. The molecule has 124 valence electrons. The molecule has 0 aromatic carbocycles. The normalized spacial score (nSPS) is 14.3. The molecule has 0 fully saturated rings. The largest absolute Gasteiger partial charge is 0.465 e. The first-order chi connectivity index (χ1) is 9.76. The Labute approximate surface area is 126 Å². The molecule has 0 aliphatic carbocycles. The zero-order chi connectivity index (χ0) is 16.5. The van der Waals surface area contributed by atoms with Gasteiger partial charge in [0.05, 0.1) is 25.4 Å². The van der Waals surface area contributed by atoms with Gasteiger partial charge in [-0.1, -0.05) is 20.8 Å². The van der Waals surface area contributed by atoms with Crippen molar-refractivity contribution >= 4 is 22.1 Å². The Morgan fingerprint density at radius 1 is 0.952 bits per heavy atom. The van der Waals surface area contributed by atoms with Crippen molar-refractivity contribution in [3.05, 3.63) is 0 Å². The van der Waals surface area contributed by atoms with Gasteiger partial charge < -0.3 is 9.47 Å². The van der Waals surface area contributed by atoms with Crippen molar-refractivity contribution in [2.45, 2.75) is 46.1 Å². The molecule has 0 saturated heterocycles. The summed E-state index contributed by atoms with van der Waals surface area (Å²) in [5, 5.41) is 0. The van der Waals surface area contributed by atoms with Crippen LogP contribution in [0, 0.1) is 5.92 Å². The summed E-state index contributed by atoms with van der Waals surface area (Å²) >= 11 is 0. The third-order valence-electron chi connectivity index (χ3n) is 2.52. The minimum absolute atomic E-state index is 0.128. The third kappa shape index (κ3) is 8.01. The van der Waals surface area contributed by atoms with Gasteiger partial charge in [0.15, 0.2) is 6.10 Å². The van der Waals surface area contributed by atoms with Crippen LogP contribution in [0.2, 0.25) is 0 Å². The lowest BCUT2D eigenvalue weighted by Crippen LogP contribution is -2.40. The van der Waals surface area contributed by atoms with E-state index in [0.29, 0.717) is 12.8 Å². The fourth-order valence-electron chi connectivity index (χ4n) is 1.56. The number of carbonyl (C=O) groups is 2. The van der Waals surface area contributed by atoms with E-state index in [1.54, 1.807) is 13.8 Å². The maximum Gasteiger partial charge on any atom is 0.337 e. The molecule has 21 heavy (non-hydrogen) atoms. The van der Waals surface area contributed by atoms with Gasteiger partial charge in [-0.15, -0.1) is 0 Å². The number of carbonyl (C=O) groups excluding carboxylic acids is 2. The van der Waals surface area contributed by atoms with Crippen molar-refractivity contribution in [3.8, 4) is 0 Å². The second-order valence-corrected chi connectivity index (χ2v) is 6.17. The van der Waals surface area contributed by atoms with Crippen molar-refractivity contribution in [2.24, 2.45) is 5.92 Å². The Balaban J connectivity index is 5.12. The number of hydrogen-bond donors (Lipinski definition) is 0. The van der Waals surface area contributed by atoms with Crippen LogP contribution in [-0.2, 0) is 33.4 Å². The van der Waals surface area contributed by atoms with Crippen molar-refractivity contribution < 1.29 is 31.7 Å². The molecule has 0 spiro atoms. The lowest BCUT2D eigenvalue weighted by atomic mass is 10.00. The van der Waals surface area contributed by atoms with Crippen molar-refractivity contribution in [2.75, 3.05) is 19.5 Å². The van der Waals surface area contributed by atoms with E-state index in [1.165, 1.54) is 0 Å². The Morgan fingerprint density at radius 2 is 1.43 bits per heavy atom. The molecule has 0 N–H and O–H groups in total. The Hall–Kier alpha value is -1.15. The van der Waals surface area contributed by atoms with Gasteiger partial charge in [-0.2, -0.15) is 8.42 Å². The average molecular weight is 324 g/mol. The number of esters is 2. The zero-order valence-corrected chi connectivity index (χ0v) is 13.8. The number of rotatable bonds is 10. The highest BCUT2D eigenvalue weighted by Crippen LogP contribution is 2.18. The molecular formula is C13H24O7S. The van der Waals surface area contributed by atoms with Crippen LogP contribution < -0.4 is 0 Å². The summed E-state index contributed by atoms with van der Waals surface area (Å²) in [5.41, 5.74) is 0. The van der Waals surface area contributed by atoms with E-state index < -0.39 is 34.1 Å². The van der Waals surface area contributed by atoms with Crippen LogP contribution in [0.3, 0.4) is 0 Å². The van der Waals surface area contributed by atoms with E-state index in [9.17, 15) is 18.0 Å². The van der Waals surface area contributed by atoms with E-state index in [1.807, 2.05) is 6.92 Å². The molecule has 0 aromatic heterocycles. The smallest absolute Gasteiger partial charge is 0.337 e. The summed E-state index contributed by atoms with van der Waals surface area (Å²) in [5.74, 6) is -2.56. The molecule has 0 rings (SSSR count). The van der Waals surface area contributed by atoms with Gasteiger partial charge in [0.2, 0.25) is 0 Å². The topological polar surface area (TPSA) is 96.0 Å². The van der Waals surface area contributed by atoms with Gasteiger partial charge in [-0.3, -0.25) is 8.98 Å². The van der Waals surface area contributed by atoms with Crippen LogP contribution in [-0.4, -0.2) is 45.9 Å². The molecule has 0 bridgehead atoms. The summed E-state index contributed by atoms with van der Waals surface area (Å²) in [6.07, 6.45) is 0.705. The van der Waals surface area contributed by atoms with Gasteiger partial charge in [-0.05, 0) is 19.3 Å². The van der Waals surface area contributed by atoms with E-state index in [0.717, 1.165) is 6.26 Å². The molecule has 0 saturated carbocycles. The SMILES string of the molecule is CCCOC(=O)[C@@H](CC)[C@@H](OS(C)(=O)=O)C(=O)OCCC. The van der Waals surface area contributed by atoms with Gasteiger partial charge in [0.25, 0.3) is 10.1 Å². The first-order valence-electron chi connectivity index (χ1n) is 6.98. The van der Waals surface area contributed by atoms with E-state index in [2.05, 4.69) is 0 Å². The van der Waals surface area contributed by atoms with Gasteiger partial charge >= 0.3 is 11.9 Å². The minimum Gasteiger partial charge on any atom is -0.465 e. The Kier molecular flexibility index (Phi) is 9.19. The fourth-order valence-corrected chi connectivity index (χ4v) is 2.15. The highest BCUT2D eigenvalue weighted by atomic mass is 32.2. The highest BCUT2D eigenvalue weighted by molar-refractivity contribution is 7.86. The van der Waals surface area contributed by atoms with Crippen LogP contribution >= 0.6 is 0 Å². The van der Waals surface area contributed by atoms with E-state index in [4.69, 9.17) is 13.7 Å². The summed E-state index contributed by atoms with van der Waals surface area (Å²) in [4.78, 5) is 23.9. The molecule has 0 unspecified atom stereocenters. The maximum absolute atomic E-state index is 11.9. The van der Waals surface area contributed by atoms with E-state index in [-0.39, 0.29) is 19.6 Å². The molecule has 0 aliphatic rings. The van der Waals surface area contributed by atoms with Crippen LogP contribution in [0.1, 0.15) is 40.0 Å². The number of ether oxygens (including phenoxy) is 2. The van der Waals surface area contributed by atoms with Crippen LogP contribution in [0.5, 0.6) is 0 Å². The predicted molar refractivity (Wildman–Crippen MR) is 76.0 cm³/mol. The van der Waals surface area contributed by atoms with Gasteiger partial charge in [0.1, 0.15) is 0 Å². The molecule has 0 aromatic rings. The quantitative estimate of drug-likeness (QED) is 0.441. The lowest BCUT2D eigenvalue weighted by molar-refractivity contribution is -0.164. The average Bonchev–Trinajstić information content (AvgIpc) is 2.40. The molecular weight excluding hydrogens is 300 g/mol. The predicted octanol–water partition coefficient (Wildman–Crippen LogP) is 1.26. The van der Waals surface area contributed by atoms with Gasteiger partial charge in [0, 0.05) is 0 Å². The summed E-state index contributed by atoms with van der Waals surface area (Å²) in [7, 11) is -3.91. The zero-order valence-electron chi connectivity index (χ0n) is 13.0. The van der Waals surface area contributed by atoms with Crippen molar-refractivity contribution in [3.63, 3.8) is 0 Å². The summed E-state index contributed by atoms with van der Waals surface area (Å²) in [6.45, 7) is 5.60. The molecule has 0 aliphatic heterocycles. The van der Waals surface area contributed by atoms with Crippen LogP contribution in [0.25, 0.3) is 0 Å². The monoisotopic (exact) mass is 324 g/mol. The van der Waals surface area contributed by atoms with Crippen molar-refractivity contribution in [1.29, 1.82) is 0 Å². The standard InChI is InChI=1S/C13H24O7S/c1-5-8-18-12(14)10(7-3)11(20-21(4,16)17)13(15)19-9-6-2/h10-11H,5-9H2,1-4H3/t10-,11+/m0/s1. The minimum atomic E-state index is -3.91. The first kappa shape index (κ1) is 19.9. The molecule has 0 amide bonds. The molecule has 7 nitrogen and oxygen atoms in total. The Bertz CT molecular complexity index is 430. The van der Waals surface area contributed by atoms with Crippen LogP contribution in [0.4, 0.5) is 0 Å². The first-order valence-corrected chi connectivity index (χ1v) is 8.79. The summed E-state index contributed by atoms with van der Waals surface area (Å²) in [6, 6.07) is 0. The molecule has 8 heteroatoms. The third-order valence-corrected chi connectivity index (χ3v) is 3.07. The van der Waals surface area contributed by atoms with Crippen molar-refractivity contribution in [1.82, 2.24) is 0 Å². The van der Waals surface area contributed by atoms with E-state index >= 15 is 0 Å². The van der Waals surface area contributed by atoms with Crippen LogP contribution in [0.15, 0.2) is 0 Å². The lowest BCUT2D eigenvalue weighted by Gasteiger charge is -2.22. The number of hydrogen-bond acceptors (Lipinski definition) is 7. The fraction of sp³-hybridized carbons (Fsp3) is 0.846. The second kappa shape index (κ2) is 9.73. The highest BCUT2D eigenvalue weighted by Gasteiger charge is 2.38. The molecule has 0 radical (unpaired) electrons. The van der Waals surface area contributed by atoms with Gasteiger partial charge in [-0.25, -0.2) is 4.79 Å². The summed E-state index contributed by atoms with van der Waals surface area (Å²) < 4.78 is 37.2. The Morgan fingerprint density at radius 3 is 1.81 bits per heavy atom. The molecule has 2 atom stereocenters. The second-order valence-electron chi connectivity index (χ2n) is 4.57. The maximum atomic E-state index is 11.9.